The van der Waals surface area contributed by atoms with Crippen LogP contribution in [0.2, 0.25) is 5.02 Å². The third-order valence-electron chi connectivity index (χ3n) is 2.73. The number of carbonyl (C=O) groups is 2. The number of Topliss-reactive ketones (excluding diaryl/α,β-unsaturated/α-hetero) is 1. The summed E-state index contributed by atoms with van der Waals surface area (Å²) in [5.41, 5.74) is 1.73. The highest BCUT2D eigenvalue weighted by atomic mass is 127. The summed E-state index contributed by atoms with van der Waals surface area (Å²) in [6.07, 6.45) is 0. The van der Waals surface area contributed by atoms with Gasteiger partial charge in [-0.2, -0.15) is 0 Å². The second kappa shape index (κ2) is 6.91. The van der Waals surface area contributed by atoms with Crippen LogP contribution in [-0.2, 0) is 0 Å². The van der Waals surface area contributed by atoms with Gasteiger partial charge in [0, 0.05) is 14.8 Å². The minimum Gasteiger partial charge on any atom is -0.308 e. The van der Waals surface area contributed by atoms with Crippen molar-refractivity contribution in [1.82, 2.24) is 0 Å². The van der Waals surface area contributed by atoms with E-state index in [-0.39, 0.29) is 5.78 Å². The maximum absolute atomic E-state index is 11.9. The van der Waals surface area contributed by atoms with Gasteiger partial charge in [0.1, 0.15) is 0 Å². The fourth-order valence-corrected chi connectivity index (χ4v) is 2.57. The van der Waals surface area contributed by atoms with E-state index in [4.69, 9.17) is 11.6 Å². The summed E-state index contributed by atoms with van der Waals surface area (Å²) in [7, 11) is 0. The van der Waals surface area contributed by atoms with Gasteiger partial charge in [-0.15, -0.1) is 0 Å². The number of benzene rings is 2. The lowest BCUT2D eigenvalue weighted by Crippen LogP contribution is -2.19. The van der Waals surface area contributed by atoms with Gasteiger partial charge >= 0.3 is 6.03 Å². The molecule has 0 aliphatic rings. The van der Waals surface area contributed by atoms with Crippen LogP contribution in [0.25, 0.3) is 0 Å². The molecule has 108 valence electrons. The summed E-state index contributed by atoms with van der Waals surface area (Å²) in [6.45, 7) is 1.49. The van der Waals surface area contributed by atoms with E-state index in [1.54, 1.807) is 36.4 Å². The fourth-order valence-electron chi connectivity index (χ4n) is 1.66. The molecule has 2 aromatic rings. The average Bonchev–Trinajstić information content (AvgIpc) is 2.42. The van der Waals surface area contributed by atoms with Crippen LogP contribution in [0, 0.1) is 3.57 Å². The first-order valence-corrected chi connectivity index (χ1v) is 7.55. The maximum atomic E-state index is 11.9. The molecular formula is C15H12ClIN2O2. The Morgan fingerprint density at radius 3 is 2.29 bits per heavy atom. The number of hydrogen-bond donors (Lipinski definition) is 2. The van der Waals surface area contributed by atoms with E-state index >= 15 is 0 Å². The van der Waals surface area contributed by atoms with Gasteiger partial charge in [0.15, 0.2) is 5.78 Å². The lowest BCUT2D eigenvalue weighted by atomic mass is 10.1. The van der Waals surface area contributed by atoms with Gasteiger partial charge in [-0.25, -0.2) is 4.79 Å². The molecule has 0 bridgehead atoms. The number of carbonyl (C=O) groups excluding carboxylic acids is 2. The second-order valence-corrected chi connectivity index (χ2v) is 5.99. The number of urea groups is 1. The number of ketones is 1. The van der Waals surface area contributed by atoms with Crippen LogP contribution in [-0.4, -0.2) is 11.8 Å². The molecule has 2 aromatic carbocycles. The zero-order valence-electron chi connectivity index (χ0n) is 11.1. The van der Waals surface area contributed by atoms with Gasteiger partial charge in [-0.05, 0) is 72.0 Å². The largest absolute Gasteiger partial charge is 0.323 e. The molecule has 0 radical (unpaired) electrons. The van der Waals surface area contributed by atoms with Crippen molar-refractivity contribution in [1.29, 1.82) is 0 Å². The number of rotatable bonds is 3. The molecule has 2 amide bonds. The van der Waals surface area contributed by atoms with Crippen molar-refractivity contribution in [2.75, 3.05) is 10.6 Å². The van der Waals surface area contributed by atoms with Crippen molar-refractivity contribution in [2.24, 2.45) is 0 Å². The first-order valence-electron chi connectivity index (χ1n) is 6.10. The highest BCUT2D eigenvalue weighted by molar-refractivity contribution is 14.1. The van der Waals surface area contributed by atoms with Crippen LogP contribution in [0.15, 0.2) is 42.5 Å². The Labute approximate surface area is 141 Å². The molecular weight excluding hydrogens is 403 g/mol. The summed E-state index contributed by atoms with van der Waals surface area (Å²) >= 11 is 8.19. The first-order chi connectivity index (χ1) is 9.95. The highest BCUT2D eigenvalue weighted by Crippen LogP contribution is 2.24. The van der Waals surface area contributed by atoms with Crippen LogP contribution >= 0.6 is 34.2 Å². The normalized spacial score (nSPS) is 10.0. The molecule has 4 nitrogen and oxygen atoms in total. The predicted molar refractivity (Wildman–Crippen MR) is 93.3 cm³/mol. The summed E-state index contributed by atoms with van der Waals surface area (Å²) in [4.78, 5) is 23.1. The Bertz CT molecular complexity index is 687. The molecule has 6 heteroatoms. The SMILES string of the molecule is CC(=O)c1ccc(NC(=O)Nc2ccc(I)cc2Cl)cc1. The summed E-state index contributed by atoms with van der Waals surface area (Å²) in [6, 6.07) is 11.6. The van der Waals surface area contributed by atoms with E-state index in [2.05, 4.69) is 33.2 Å². The number of nitrogens with one attached hydrogen (secondary N) is 2. The first kappa shape index (κ1) is 15.8. The number of anilines is 2. The van der Waals surface area contributed by atoms with Crippen molar-refractivity contribution in [3.8, 4) is 0 Å². The lowest BCUT2D eigenvalue weighted by molar-refractivity contribution is 0.101. The van der Waals surface area contributed by atoms with Crippen molar-refractivity contribution in [3.63, 3.8) is 0 Å². The third kappa shape index (κ3) is 4.44. The smallest absolute Gasteiger partial charge is 0.308 e. The van der Waals surface area contributed by atoms with E-state index in [1.165, 1.54) is 6.92 Å². The molecule has 0 aliphatic carbocycles. The summed E-state index contributed by atoms with van der Waals surface area (Å²) < 4.78 is 0.989. The molecule has 0 atom stereocenters. The Balaban J connectivity index is 2.02. The van der Waals surface area contributed by atoms with Crippen LogP contribution < -0.4 is 10.6 Å². The zero-order valence-corrected chi connectivity index (χ0v) is 14.0. The summed E-state index contributed by atoms with van der Waals surface area (Å²) in [5.74, 6) is -0.0170. The van der Waals surface area contributed by atoms with Gasteiger partial charge in [0.2, 0.25) is 0 Å². The van der Waals surface area contributed by atoms with Gasteiger partial charge in [0.25, 0.3) is 0 Å². The Hall–Kier alpha value is -1.60. The van der Waals surface area contributed by atoms with Crippen molar-refractivity contribution in [3.05, 3.63) is 56.6 Å². The monoisotopic (exact) mass is 414 g/mol. The van der Waals surface area contributed by atoms with Gasteiger partial charge in [-0.3, -0.25) is 4.79 Å². The van der Waals surface area contributed by atoms with E-state index in [0.717, 1.165) is 3.57 Å². The standard InChI is InChI=1S/C15H12ClIN2O2/c1-9(20)10-2-5-12(6-3-10)18-15(21)19-14-7-4-11(17)8-13(14)16/h2-8H,1H3,(H2,18,19,21). The minimum atomic E-state index is -0.395. The third-order valence-corrected chi connectivity index (χ3v) is 3.71. The summed E-state index contributed by atoms with van der Waals surface area (Å²) in [5, 5.41) is 5.82. The molecule has 0 saturated carbocycles. The topological polar surface area (TPSA) is 58.2 Å². The quantitative estimate of drug-likeness (QED) is 0.560. The van der Waals surface area contributed by atoms with Crippen molar-refractivity contribution < 1.29 is 9.59 Å². The van der Waals surface area contributed by atoms with Crippen LogP contribution in [0.3, 0.4) is 0 Å². The molecule has 0 fully saturated rings. The van der Waals surface area contributed by atoms with Gasteiger partial charge in [-0.1, -0.05) is 11.6 Å². The van der Waals surface area contributed by atoms with E-state index in [9.17, 15) is 9.59 Å². The van der Waals surface area contributed by atoms with Crippen LogP contribution in [0.1, 0.15) is 17.3 Å². The average molecular weight is 415 g/mol. The molecule has 21 heavy (non-hydrogen) atoms. The number of halogens is 2. The lowest BCUT2D eigenvalue weighted by Gasteiger charge is -2.09. The van der Waals surface area contributed by atoms with E-state index in [0.29, 0.717) is 22.0 Å². The predicted octanol–water partition coefficient (Wildman–Crippen LogP) is 4.79. The fraction of sp³-hybridized carbons (Fsp3) is 0.0667. The maximum Gasteiger partial charge on any atom is 0.323 e. The Morgan fingerprint density at radius 1 is 1.05 bits per heavy atom. The zero-order chi connectivity index (χ0) is 15.4. The van der Waals surface area contributed by atoms with Crippen molar-refractivity contribution >= 4 is 57.4 Å². The van der Waals surface area contributed by atoms with Gasteiger partial charge < -0.3 is 10.6 Å². The molecule has 0 unspecified atom stereocenters. The molecule has 0 aliphatic heterocycles. The molecule has 0 saturated heterocycles. The number of hydrogen-bond acceptors (Lipinski definition) is 2. The second-order valence-electron chi connectivity index (χ2n) is 4.34. The van der Waals surface area contributed by atoms with E-state index in [1.807, 2.05) is 6.07 Å². The Morgan fingerprint density at radius 2 is 1.71 bits per heavy atom. The van der Waals surface area contributed by atoms with Crippen molar-refractivity contribution in [2.45, 2.75) is 6.92 Å². The molecule has 0 spiro atoms. The minimum absolute atomic E-state index is 0.0170. The van der Waals surface area contributed by atoms with Crippen LogP contribution in [0.4, 0.5) is 16.2 Å². The number of amides is 2. The van der Waals surface area contributed by atoms with Gasteiger partial charge in [0.05, 0.1) is 10.7 Å². The highest BCUT2D eigenvalue weighted by Gasteiger charge is 2.07. The molecule has 2 N–H and O–H groups in total. The molecule has 2 rings (SSSR count). The van der Waals surface area contributed by atoms with E-state index < -0.39 is 6.03 Å². The Kier molecular flexibility index (Phi) is 5.19. The van der Waals surface area contributed by atoms with Crippen LogP contribution in [0.5, 0.6) is 0 Å². The molecule has 0 heterocycles. The molecule has 0 aromatic heterocycles.